The number of rotatable bonds is 4. The number of anilines is 2. The van der Waals surface area contributed by atoms with E-state index in [-0.39, 0.29) is 33.3 Å². The third kappa shape index (κ3) is 3.30. The van der Waals surface area contributed by atoms with Crippen LogP contribution in [0.4, 0.5) is 26.2 Å². The van der Waals surface area contributed by atoms with Crippen LogP contribution < -0.4 is 36.2 Å². The van der Waals surface area contributed by atoms with Gasteiger partial charge in [0.1, 0.15) is 0 Å². The monoisotopic (exact) mass is 468 g/mol. The van der Waals surface area contributed by atoms with Gasteiger partial charge in [0.15, 0.2) is 0 Å². The van der Waals surface area contributed by atoms with Gasteiger partial charge < -0.3 is 0 Å². The Bertz CT molecular complexity index is 807. The van der Waals surface area contributed by atoms with Crippen molar-refractivity contribution in [3.63, 3.8) is 0 Å². The summed E-state index contributed by atoms with van der Waals surface area (Å²) in [6, 6.07) is 14.8. The topological polar surface area (TPSA) is 35.6 Å². The van der Waals surface area contributed by atoms with Crippen LogP contribution in [0, 0.1) is 5.82 Å². The molecule has 138 valence electrons. The Balaban J connectivity index is 1.35. The quantitative estimate of drug-likeness (QED) is 0.227. The van der Waals surface area contributed by atoms with E-state index in [1.807, 2.05) is 43.4 Å². The van der Waals surface area contributed by atoms with E-state index in [1.165, 1.54) is 12.1 Å². The van der Waals surface area contributed by atoms with Crippen molar-refractivity contribution in [1.82, 2.24) is 7.60 Å². The van der Waals surface area contributed by atoms with Crippen LogP contribution in [0.5, 0.6) is 0 Å². The zero-order chi connectivity index (χ0) is 18.1. The Morgan fingerprint density at radius 2 is 1.77 bits per heavy atom. The van der Waals surface area contributed by atoms with Gasteiger partial charge in [-0.05, 0) is 0 Å². The zero-order valence-corrected chi connectivity index (χ0v) is 16.8. The molecular weight excluding hydrogens is 446 g/mol. The maximum atomic E-state index is 13.1. The Hall–Kier alpha value is -1.71. The number of fused-ring (bicyclic) bond motifs is 1. The zero-order valence-electron chi connectivity index (χ0n) is 14.7. The van der Waals surface area contributed by atoms with Gasteiger partial charge in [-0.25, -0.2) is 0 Å². The molecule has 2 aromatic rings. The van der Waals surface area contributed by atoms with Gasteiger partial charge in [0.25, 0.3) is 0 Å². The van der Waals surface area contributed by atoms with Gasteiger partial charge in [0, 0.05) is 0 Å². The van der Waals surface area contributed by atoms with Gasteiger partial charge in [-0.3, -0.25) is 0 Å². The Labute approximate surface area is 163 Å². The summed E-state index contributed by atoms with van der Waals surface area (Å²) < 4.78 is 16.8. The molecule has 4 rings (SSSR count). The van der Waals surface area contributed by atoms with Crippen molar-refractivity contribution in [1.29, 1.82) is 0 Å². The first-order valence-corrected chi connectivity index (χ1v) is 11.2. The molecular formula is C19H22FIN4O. The fourth-order valence-electron chi connectivity index (χ4n) is 3.37. The number of halogens is 2. The van der Waals surface area contributed by atoms with Gasteiger partial charge in [-0.1, -0.05) is 0 Å². The number of carbonyl (C=O) groups is 1. The van der Waals surface area contributed by atoms with Crippen LogP contribution in [0.25, 0.3) is 0 Å². The molecule has 0 aliphatic carbocycles. The molecule has 0 spiro atoms. The Morgan fingerprint density at radius 3 is 2.50 bits per heavy atom. The van der Waals surface area contributed by atoms with E-state index < -0.39 is 0 Å². The number of nitrogens with zero attached hydrogens (tertiary/aromatic N) is 3. The first-order chi connectivity index (χ1) is 12.6. The summed E-state index contributed by atoms with van der Waals surface area (Å²) in [5.41, 5.74) is 3.09. The van der Waals surface area contributed by atoms with Gasteiger partial charge in [0.2, 0.25) is 0 Å². The molecule has 2 aliphatic rings. The number of amides is 2. The number of piperazine rings is 1. The van der Waals surface area contributed by atoms with E-state index in [0.29, 0.717) is 4.48 Å². The third-order valence-electron chi connectivity index (χ3n) is 5.00. The van der Waals surface area contributed by atoms with Crippen LogP contribution in [0.1, 0.15) is 0 Å². The van der Waals surface area contributed by atoms with Gasteiger partial charge in [-0.15, -0.1) is 0 Å². The molecule has 1 N–H and O–H groups in total. The minimum atomic E-state index is -0.249. The van der Waals surface area contributed by atoms with Crippen molar-refractivity contribution in [2.24, 2.45) is 0 Å². The van der Waals surface area contributed by atoms with Crippen LogP contribution in [0.3, 0.4) is 0 Å². The van der Waals surface area contributed by atoms with Crippen LogP contribution in [0.15, 0.2) is 48.5 Å². The van der Waals surface area contributed by atoms with Crippen molar-refractivity contribution >= 4 is 23.1 Å². The second-order valence-electron chi connectivity index (χ2n) is 6.75. The van der Waals surface area contributed by atoms with E-state index in [1.54, 1.807) is 0 Å². The van der Waals surface area contributed by atoms with Crippen LogP contribution in [-0.2, 0) is 0 Å². The van der Waals surface area contributed by atoms with E-state index in [2.05, 4.69) is 13.3 Å². The Morgan fingerprint density at radius 1 is 1.08 bits per heavy atom. The fraction of sp³-hybridized carbons (Fsp3) is 0.316. The Kier molecular flexibility index (Phi) is 4.85. The first kappa shape index (κ1) is 17.7. The molecule has 7 heteroatoms. The molecule has 0 aromatic heterocycles. The molecule has 2 heterocycles. The summed E-state index contributed by atoms with van der Waals surface area (Å²) in [6.07, 6.45) is 0. The second kappa shape index (κ2) is 7.13. The second-order valence-corrected chi connectivity index (χ2v) is 9.48. The van der Waals surface area contributed by atoms with Crippen molar-refractivity contribution in [2.75, 3.05) is 48.0 Å². The summed E-state index contributed by atoms with van der Waals surface area (Å²) in [4.78, 5) is 14.8. The molecule has 2 amide bonds. The molecule has 1 atom stereocenters. The number of hydrogen-bond acceptors (Lipinski definition) is 3. The van der Waals surface area contributed by atoms with E-state index in [4.69, 9.17) is 0 Å². The molecule has 1 unspecified atom stereocenters. The molecule has 0 radical (unpaired) electrons. The molecule has 2 aromatic carbocycles. The van der Waals surface area contributed by atoms with Crippen molar-refractivity contribution in [2.45, 2.75) is 0 Å². The predicted molar refractivity (Wildman–Crippen MR) is 98.2 cm³/mol. The number of alkyl halides is 1. The van der Waals surface area contributed by atoms with E-state index in [9.17, 15) is 9.18 Å². The molecule has 1 fully saturated rings. The number of hydrogen-bond donors (Lipinski definition) is 1. The SMILES string of the molecule is C[N+]1(C[I-]N2CCN(c3ccc(F)cc3)CC2)C(=O)Nc2ccccc21. The van der Waals surface area contributed by atoms with E-state index in [0.717, 1.165) is 47.8 Å². The predicted octanol–water partition coefficient (Wildman–Crippen LogP) is 0.0920. The van der Waals surface area contributed by atoms with Gasteiger partial charge in [0.05, 0.1) is 0 Å². The van der Waals surface area contributed by atoms with Crippen molar-refractivity contribution < 1.29 is 30.7 Å². The normalized spacial score (nSPS) is 23.2. The summed E-state index contributed by atoms with van der Waals surface area (Å²) >= 11 is -0.249. The van der Waals surface area contributed by atoms with E-state index >= 15 is 0 Å². The number of nitrogens with one attached hydrogen (secondary N) is 1. The standard InChI is InChI=1S/C19H22FIN4O/c1-25(18-5-3-2-4-17(18)22-19(25)26)14-21-24-12-10-23(11-13-24)16-8-6-15(20)7-9-16/h2-9H,10-14H2,1H3,(H,22,26). The summed E-state index contributed by atoms with van der Waals surface area (Å²) in [6.45, 7) is 3.87. The summed E-state index contributed by atoms with van der Waals surface area (Å²) in [5, 5.41) is 3.00. The van der Waals surface area contributed by atoms with Crippen molar-refractivity contribution in [3.05, 3.63) is 54.3 Å². The van der Waals surface area contributed by atoms with Crippen molar-refractivity contribution in [3.8, 4) is 0 Å². The third-order valence-corrected chi connectivity index (χ3v) is 8.60. The molecule has 1 saturated heterocycles. The molecule has 2 aliphatic heterocycles. The molecule has 5 nitrogen and oxygen atoms in total. The number of urea groups is 1. The van der Waals surface area contributed by atoms with Crippen LogP contribution in [-0.4, -0.2) is 46.9 Å². The minimum absolute atomic E-state index is 0.0656. The van der Waals surface area contributed by atoms with Gasteiger partial charge in [-0.2, -0.15) is 0 Å². The first-order valence-electron chi connectivity index (χ1n) is 8.68. The number of quaternary nitrogens is 1. The average molecular weight is 468 g/mol. The van der Waals surface area contributed by atoms with Crippen LogP contribution >= 0.6 is 0 Å². The molecule has 0 saturated carbocycles. The number of benzene rings is 2. The summed E-state index contributed by atoms with van der Waals surface area (Å²) in [7, 11) is 2.01. The molecule has 26 heavy (non-hydrogen) atoms. The fourth-order valence-corrected chi connectivity index (χ4v) is 6.20. The maximum absolute atomic E-state index is 13.1. The average Bonchev–Trinajstić information content (AvgIpc) is 2.92. The molecule has 0 bridgehead atoms. The summed E-state index contributed by atoms with van der Waals surface area (Å²) in [5.74, 6) is -0.195. The number of carbonyl (C=O) groups excluding carboxylic acids is 1. The number of para-hydroxylation sites is 2. The van der Waals surface area contributed by atoms with Crippen LogP contribution in [0.2, 0.25) is 0 Å². The van der Waals surface area contributed by atoms with Gasteiger partial charge >= 0.3 is 164 Å².